The fourth-order valence-corrected chi connectivity index (χ4v) is 2.46. The number of nitriles is 1. The van der Waals surface area contributed by atoms with Gasteiger partial charge < -0.3 is 19.4 Å². The first-order valence-electron chi connectivity index (χ1n) is 7.62. The number of aromatic nitrogens is 3. The Balaban J connectivity index is 1.89. The highest BCUT2D eigenvalue weighted by atomic mass is 16.6. The monoisotopic (exact) mass is 336 g/mol. The summed E-state index contributed by atoms with van der Waals surface area (Å²) in [4.78, 5) is 19.4. The fraction of sp³-hybridized carbons (Fsp3) is 0.167. The quantitative estimate of drug-likeness (QED) is 0.433. The molecule has 2 aromatic heterocycles. The number of esters is 1. The second-order valence-electron chi connectivity index (χ2n) is 5.53. The van der Waals surface area contributed by atoms with Gasteiger partial charge in [0.25, 0.3) is 0 Å². The molecule has 0 aliphatic carbocycles. The third kappa shape index (κ3) is 3.10. The zero-order valence-corrected chi connectivity index (χ0v) is 13.7. The van der Waals surface area contributed by atoms with Crippen LogP contribution in [0.3, 0.4) is 0 Å². The average molecular weight is 336 g/mol. The average Bonchev–Trinajstić information content (AvgIpc) is 3.21. The highest BCUT2D eigenvalue weighted by molar-refractivity contribution is 5.88. The predicted molar refractivity (Wildman–Crippen MR) is 91.5 cm³/mol. The number of hydrogen-bond donors (Lipinski definition) is 2. The van der Waals surface area contributed by atoms with Gasteiger partial charge in [-0.2, -0.15) is 5.26 Å². The number of rotatable bonds is 4. The molecule has 0 aliphatic heterocycles. The number of hydrogen-bond acceptors (Lipinski definition) is 5. The standard InChI is InChI=1S/C18H16N4O3/c1-11(25-18(24)15-8-5-9-22(15)2)16(23)12(10-19)17-20-13-6-3-4-7-14(13)21-17/h3-9,11,23H,1-2H3,(H,20,21)/b16-12-/t11-/m0/s1. The van der Waals surface area contributed by atoms with E-state index in [1.807, 2.05) is 24.3 Å². The Labute approximate surface area is 143 Å². The first-order chi connectivity index (χ1) is 12.0. The maximum atomic E-state index is 12.1. The van der Waals surface area contributed by atoms with Crippen molar-refractivity contribution in [1.82, 2.24) is 14.5 Å². The smallest absolute Gasteiger partial charge is 0.355 e. The lowest BCUT2D eigenvalue weighted by atomic mass is 10.1. The predicted octanol–water partition coefficient (Wildman–Crippen LogP) is 2.94. The minimum absolute atomic E-state index is 0.0663. The molecule has 0 saturated heterocycles. The first-order valence-corrected chi connectivity index (χ1v) is 7.62. The number of ether oxygens (including phenoxy) is 1. The largest absolute Gasteiger partial charge is 0.507 e. The molecule has 1 aromatic carbocycles. The van der Waals surface area contributed by atoms with Crippen LogP contribution in [-0.2, 0) is 11.8 Å². The van der Waals surface area contributed by atoms with E-state index in [2.05, 4.69) is 9.97 Å². The zero-order valence-electron chi connectivity index (χ0n) is 13.7. The molecule has 3 aromatic rings. The first kappa shape index (κ1) is 16.3. The van der Waals surface area contributed by atoms with Gasteiger partial charge in [0.15, 0.2) is 17.7 Å². The summed E-state index contributed by atoms with van der Waals surface area (Å²) >= 11 is 0. The molecule has 0 bridgehead atoms. The van der Waals surface area contributed by atoms with Crippen molar-refractivity contribution in [1.29, 1.82) is 5.26 Å². The Bertz CT molecular complexity index is 974. The summed E-state index contributed by atoms with van der Waals surface area (Å²) in [6.45, 7) is 1.50. The van der Waals surface area contributed by atoms with Crippen LogP contribution in [0.4, 0.5) is 0 Å². The highest BCUT2D eigenvalue weighted by Crippen LogP contribution is 2.21. The molecule has 1 atom stereocenters. The lowest BCUT2D eigenvalue weighted by Crippen LogP contribution is -2.20. The van der Waals surface area contributed by atoms with Crippen molar-refractivity contribution >= 4 is 22.6 Å². The number of benzene rings is 1. The van der Waals surface area contributed by atoms with E-state index in [-0.39, 0.29) is 17.2 Å². The summed E-state index contributed by atoms with van der Waals surface area (Å²) in [6, 6.07) is 12.5. The molecule has 7 nitrogen and oxygen atoms in total. The van der Waals surface area contributed by atoms with E-state index in [4.69, 9.17) is 4.74 Å². The molecule has 0 saturated carbocycles. The fourth-order valence-electron chi connectivity index (χ4n) is 2.46. The van der Waals surface area contributed by atoms with Crippen molar-refractivity contribution in [3.05, 3.63) is 59.9 Å². The van der Waals surface area contributed by atoms with Gasteiger partial charge in [-0.25, -0.2) is 9.78 Å². The number of fused-ring (bicyclic) bond motifs is 1. The highest BCUT2D eigenvalue weighted by Gasteiger charge is 2.22. The van der Waals surface area contributed by atoms with Gasteiger partial charge in [-0.1, -0.05) is 12.1 Å². The van der Waals surface area contributed by atoms with Crippen LogP contribution in [0.5, 0.6) is 0 Å². The Morgan fingerprint density at radius 2 is 2.12 bits per heavy atom. The van der Waals surface area contributed by atoms with Gasteiger partial charge in [0.05, 0.1) is 11.0 Å². The minimum Gasteiger partial charge on any atom is -0.507 e. The lowest BCUT2D eigenvalue weighted by Gasteiger charge is -2.13. The van der Waals surface area contributed by atoms with Crippen LogP contribution >= 0.6 is 0 Å². The van der Waals surface area contributed by atoms with Gasteiger partial charge in [0, 0.05) is 13.2 Å². The minimum atomic E-state index is -0.995. The Morgan fingerprint density at radius 1 is 1.36 bits per heavy atom. The number of imidazole rings is 1. The van der Waals surface area contributed by atoms with E-state index in [0.717, 1.165) is 5.52 Å². The van der Waals surface area contributed by atoms with Gasteiger partial charge in [-0.3, -0.25) is 0 Å². The maximum absolute atomic E-state index is 12.1. The van der Waals surface area contributed by atoms with Crippen LogP contribution in [-0.4, -0.2) is 31.7 Å². The second-order valence-corrected chi connectivity index (χ2v) is 5.53. The molecule has 0 fully saturated rings. The van der Waals surface area contributed by atoms with Crippen LogP contribution in [0.1, 0.15) is 23.2 Å². The van der Waals surface area contributed by atoms with Gasteiger partial charge in [0.2, 0.25) is 0 Å². The van der Waals surface area contributed by atoms with E-state index in [1.165, 1.54) is 6.92 Å². The molecular weight excluding hydrogens is 320 g/mol. The summed E-state index contributed by atoms with van der Waals surface area (Å²) in [7, 11) is 1.71. The van der Waals surface area contributed by atoms with Crippen LogP contribution in [0.15, 0.2) is 48.4 Å². The van der Waals surface area contributed by atoms with E-state index in [9.17, 15) is 15.2 Å². The molecule has 0 unspecified atom stereocenters. The lowest BCUT2D eigenvalue weighted by molar-refractivity contribution is 0.0323. The number of nitrogens with one attached hydrogen (secondary N) is 1. The molecule has 0 aliphatic rings. The molecule has 0 spiro atoms. The molecular formula is C18H16N4O3. The molecule has 3 rings (SSSR count). The van der Waals surface area contributed by atoms with Crippen LogP contribution in [0.2, 0.25) is 0 Å². The van der Waals surface area contributed by atoms with Gasteiger partial charge in [-0.15, -0.1) is 0 Å². The summed E-state index contributed by atoms with van der Waals surface area (Å²) in [5.74, 6) is -0.722. The van der Waals surface area contributed by atoms with Crippen LogP contribution < -0.4 is 0 Å². The molecule has 2 N–H and O–H groups in total. The maximum Gasteiger partial charge on any atom is 0.355 e. The van der Waals surface area contributed by atoms with Crippen molar-refractivity contribution in [2.45, 2.75) is 13.0 Å². The molecule has 0 radical (unpaired) electrons. The topological polar surface area (TPSA) is 104 Å². The number of aliphatic hydroxyl groups is 1. The molecule has 2 heterocycles. The molecule has 126 valence electrons. The van der Waals surface area contributed by atoms with E-state index < -0.39 is 12.1 Å². The van der Waals surface area contributed by atoms with Crippen molar-refractivity contribution in [2.24, 2.45) is 7.05 Å². The normalized spacial score (nSPS) is 13.2. The number of aromatic amines is 1. The Kier molecular flexibility index (Phi) is 4.27. The van der Waals surface area contributed by atoms with Crippen molar-refractivity contribution in [3.63, 3.8) is 0 Å². The number of aliphatic hydroxyl groups excluding tert-OH is 1. The van der Waals surface area contributed by atoms with Crippen LogP contribution in [0.25, 0.3) is 16.6 Å². The Morgan fingerprint density at radius 3 is 2.76 bits per heavy atom. The van der Waals surface area contributed by atoms with Crippen molar-refractivity contribution in [3.8, 4) is 6.07 Å². The summed E-state index contributed by atoms with van der Waals surface area (Å²) in [5.41, 5.74) is 1.70. The second kappa shape index (κ2) is 6.53. The Hall–Kier alpha value is -3.53. The third-order valence-electron chi connectivity index (χ3n) is 3.82. The number of para-hydroxylation sites is 2. The number of H-pyrrole nitrogens is 1. The van der Waals surface area contributed by atoms with Crippen molar-refractivity contribution in [2.75, 3.05) is 0 Å². The third-order valence-corrected chi connectivity index (χ3v) is 3.82. The molecule has 25 heavy (non-hydrogen) atoms. The van der Waals surface area contributed by atoms with E-state index >= 15 is 0 Å². The summed E-state index contributed by atoms with van der Waals surface area (Å²) in [6.07, 6.45) is 0.719. The number of nitrogens with zero attached hydrogens (tertiary/aromatic N) is 3. The van der Waals surface area contributed by atoms with Crippen molar-refractivity contribution < 1.29 is 14.6 Å². The number of aryl methyl sites for hydroxylation is 1. The SMILES string of the molecule is C[C@H](OC(=O)c1cccn1C)/C(O)=C(\C#N)c1nc2ccccc2[nH]1. The summed E-state index contributed by atoms with van der Waals surface area (Å²) in [5, 5.41) is 19.8. The molecule has 0 amide bonds. The van der Waals surface area contributed by atoms with Gasteiger partial charge in [-0.05, 0) is 31.2 Å². The van der Waals surface area contributed by atoms with Crippen LogP contribution in [0, 0.1) is 11.3 Å². The van der Waals surface area contributed by atoms with Gasteiger partial charge >= 0.3 is 5.97 Å². The van der Waals surface area contributed by atoms with E-state index in [0.29, 0.717) is 11.2 Å². The van der Waals surface area contributed by atoms with E-state index in [1.54, 1.807) is 36.0 Å². The van der Waals surface area contributed by atoms with Gasteiger partial charge in [0.1, 0.15) is 17.3 Å². The summed E-state index contributed by atoms with van der Waals surface area (Å²) < 4.78 is 6.87. The molecule has 7 heteroatoms. The number of carbonyl (C=O) groups is 1. The number of allylic oxidation sites excluding steroid dienone is 1. The number of carbonyl (C=O) groups excluding carboxylic acids is 1. The zero-order chi connectivity index (χ0) is 18.0.